The molecule has 13 heteroatoms. The van der Waals surface area contributed by atoms with Gasteiger partial charge in [0.2, 0.25) is 5.91 Å². The number of para-hydroxylation sites is 1. The van der Waals surface area contributed by atoms with Gasteiger partial charge in [-0.1, -0.05) is 68.8 Å². The molecule has 3 rings (SSSR count). The van der Waals surface area contributed by atoms with E-state index in [-0.39, 0.29) is 17.4 Å². The Bertz CT molecular complexity index is 1370. The zero-order valence-corrected chi connectivity index (χ0v) is 32.2. The van der Waals surface area contributed by atoms with Gasteiger partial charge in [0, 0.05) is 42.6 Å². The number of anilines is 3. The SMILES string of the molecule is C=CC(=O)Nc1cc(NC(NCNc2ccccc2P(C)(C)=O)NCC(Cl)C2CCCCCCCC2)c(Cl)cc1OC(COC)CN(C)C. The van der Waals surface area contributed by atoms with E-state index in [1.807, 2.05) is 43.3 Å². The molecular weight excluding hydrogens is 682 g/mol. The molecule has 0 aromatic heterocycles. The summed E-state index contributed by atoms with van der Waals surface area (Å²) in [6, 6.07) is 11.1. The summed E-state index contributed by atoms with van der Waals surface area (Å²) in [6.07, 6.45) is 10.2. The van der Waals surface area contributed by atoms with Crippen molar-refractivity contribution in [1.82, 2.24) is 15.5 Å². The minimum absolute atomic E-state index is 0.0490. The fourth-order valence-corrected chi connectivity index (χ4v) is 7.76. The van der Waals surface area contributed by atoms with E-state index in [9.17, 15) is 9.36 Å². The Hall–Kier alpha value is -2.30. The van der Waals surface area contributed by atoms with Crippen LogP contribution in [0.2, 0.25) is 5.02 Å². The van der Waals surface area contributed by atoms with E-state index in [1.54, 1.807) is 32.6 Å². The maximum atomic E-state index is 13.0. The van der Waals surface area contributed by atoms with Crippen LogP contribution >= 0.6 is 30.3 Å². The highest BCUT2D eigenvalue weighted by atomic mass is 35.5. The van der Waals surface area contributed by atoms with Crippen molar-refractivity contribution in [2.45, 2.75) is 69.1 Å². The number of nitrogens with zero attached hydrogens (tertiary/aromatic N) is 1. The molecular formula is C36H57Cl2N6O4P. The van der Waals surface area contributed by atoms with Crippen molar-refractivity contribution in [3.63, 3.8) is 0 Å². The summed E-state index contributed by atoms with van der Waals surface area (Å²) in [5, 5.41) is 17.9. The van der Waals surface area contributed by atoms with Crippen LogP contribution in [0.5, 0.6) is 5.75 Å². The topological polar surface area (TPSA) is 116 Å². The minimum atomic E-state index is -2.50. The molecule has 0 aliphatic heterocycles. The van der Waals surface area contributed by atoms with E-state index in [1.165, 1.54) is 44.6 Å². The molecule has 2 aromatic rings. The Kier molecular flexibility index (Phi) is 17.8. The Morgan fingerprint density at radius 2 is 1.71 bits per heavy atom. The van der Waals surface area contributed by atoms with Crippen LogP contribution in [-0.2, 0) is 14.1 Å². The summed E-state index contributed by atoms with van der Waals surface area (Å²) < 4.78 is 24.6. The van der Waals surface area contributed by atoms with Crippen molar-refractivity contribution in [3.05, 3.63) is 54.1 Å². The van der Waals surface area contributed by atoms with Crippen LogP contribution in [0.15, 0.2) is 49.1 Å². The third-order valence-corrected chi connectivity index (χ3v) is 10.9. The molecule has 1 amide bonds. The van der Waals surface area contributed by atoms with Crippen molar-refractivity contribution in [2.24, 2.45) is 5.92 Å². The fraction of sp³-hybridized carbons (Fsp3) is 0.583. The van der Waals surface area contributed by atoms with Crippen molar-refractivity contribution in [2.75, 3.05) is 76.9 Å². The van der Waals surface area contributed by atoms with Gasteiger partial charge in [0.15, 0.2) is 0 Å². The number of hydrogen-bond donors (Lipinski definition) is 5. The molecule has 0 spiro atoms. The van der Waals surface area contributed by atoms with E-state index in [0.717, 1.165) is 23.8 Å². The lowest BCUT2D eigenvalue weighted by Gasteiger charge is -2.28. The van der Waals surface area contributed by atoms with Crippen LogP contribution in [0, 0.1) is 5.92 Å². The molecule has 274 valence electrons. The molecule has 2 aromatic carbocycles. The average molecular weight is 740 g/mol. The third kappa shape index (κ3) is 14.5. The van der Waals surface area contributed by atoms with E-state index in [0.29, 0.717) is 54.4 Å². The van der Waals surface area contributed by atoms with Crippen LogP contribution < -0.4 is 36.6 Å². The number of carbonyl (C=O) groups excluding carboxylic acids is 1. The first-order valence-electron chi connectivity index (χ1n) is 17.2. The molecule has 0 bridgehead atoms. The van der Waals surface area contributed by atoms with Gasteiger partial charge in [0.1, 0.15) is 25.3 Å². The Morgan fingerprint density at radius 1 is 1.04 bits per heavy atom. The Balaban J connectivity index is 1.86. The molecule has 1 aliphatic carbocycles. The largest absolute Gasteiger partial charge is 0.484 e. The number of rotatable bonds is 19. The number of carbonyl (C=O) groups is 1. The zero-order chi connectivity index (χ0) is 35.8. The van der Waals surface area contributed by atoms with Crippen molar-refractivity contribution in [1.29, 1.82) is 0 Å². The standard InChI is InChI=1S/C36H57Cl2N6O4P/c1-7-35(45)42-32-21-31(28(37)20-33(32)48-27(24-47-4)23-44(2)3)43-36(39-22-29(38)26-16-12-10-8-9-11-13-17-26)41-25-40-30-18-14-15-19-34(30)49(5,6)46/h7,14-15,18-21,26-27,29,36,39-41,43H,1,8-13,16-17,22-25H2,2-6H3,(H,42,45). The van der Waals surface area contributed by atoms with Crippen LogP contribution in [0.25, 0.3) is 0 Å². The number of benzene rings is 2. The third-order valence-electron chi connectivity index (χ3n) is 8.52. The molecule has 3 unspecified atom stereocenters. The van der Waals surface area contributed by atoms with Crippen LogP contribution in [0.4, 0.5) is 17.1 Å². The number of amides is 1. The van der Waals surface area contributed by atoms with Crippen molar-refractivity contribution in [3.8, 4) is 5.75 Å². The maximum absolute atomic E-state index is 13.0. The summed E-state index contributed by atoms with van der Waals surface area (Å²) in [5.74, 6) is 0.466. The first-order chi connectivity index (χ1) is 23.4. The highest BCUT2D eigenvalue weighted by Gasteiger charge is 2.23. The van der Waals surface area contributed by atoms with Gasteiger partial charge in [-0.05, 0) is 70.5 Å². The van der Waals surface area contributed by atoms with Crippen LogP contribution in [0.1, 0.15) is 51.4 Å². The zero-order valence-electron chi connectivity index (χ0n) is 29.8. The minimum Gasteiger partial charge on any atom is -0.484 e. The molecule has 5 N–H and O–H groups in total. The van der Waals surface area contributed by atoms with Gasteiger partial charge in [0.05, 0.1) is 29.7 Å². The average Bonchev–Trinajstić information content (AvgIpc) is 3.19. The fourth-order valence-electron chi connectivity index (χ4n) is 6.04. The number of nitrogens with one attached hydrogen (secondary N) is 5. The monoisotopic (exact) mass is 738 g/mol. The van der Waals surface area contributed by atoms with Gasteiger partial charge in [-0.25, -0.2) is 0 Å². The number of likely N-dealkylation sites (N-methyl/N-ethyl adjacent to an activating group) is 1. The summed E-state index contributed by atoms with van der Waals surface area (Å²) in [6.45, 7) is 8.99. The predicted molar refractivity (Wildman–Crippen MR) is 208 cm³/mol. The Labute approximate surface area is 303 Å². The number of hydrogen-bond acceptors (Lipinski definition) is 9. The van der Waals surface area contributed by atoms with Gasteiger partial charge in [0.25, 0.3) is 0 Å². The van der Waals surface area contributed by atoms with Crippen molar-refractivity contribution >= 4 is 58.6 Å². The molecule has 0 heterocycles. The normalized spacial score (nSPS) is 16.5. The lowest BCUT2D eigenvalue weighted by Crippen LogP contribution is -2.52. The quantitative estimate of drug-likeness (QED) is 0.0451. The van der Waals surface area contributed by atoms with Crippen LogP contribution in [0.3, 0.4) is 0 Å². The van der Waals surface area contributed by atoms with E-state index < -0.39 is 13.4 Å². The summed E-state index contributed by atoms with van der Waals surface area (Å²) in [5.41, 5.74) is 1.81. The van der Waals surface area contributed by atoms with Gasteiger partial charge >= 0.3 is 0 Å². The number of ether oxygens (including phenoxy) is 2. The Morgan fingerprint density at radius 3 is 2.35 bits per heavy atom. The number of halogens is 2. The lowest BCUT2D eigenvalue weighted by molar-refractivity contribution is -0.111. The van der Waals surface area contributed by atoms with E-state index in [2.05, 4.69) is 33.2 Å². The highest BCUT2D eigenvalue weighted by Crippen LogP contribution is 2.38. The van der Waals surface area contributed by atoms with Gasteiger partial charge < -0.3 is 34.9 Å². The molecule has 0 radical (unpaired) electrons. The molecule has 3 atom stereocenters. The van der Waals surface area contributed by atoms with Crippen LogP contribution in [-0.4, -0.2) is 89.5 Å². The van der Waals surface area contributed by atoms with Gasteiger partial charge in [-0.3, -0.25) is 15.4 Å². The first-order valence-corrected chi connectivity index (χ1v) is 20.7. The molecule has 49 heavy (non-hydrogen) atoms. The first kappa shape index (κ1) is 41.1. The number of alkyl halides is 1. The molecule has 1 aliphatic rings. The summed E-state index contributed by atoms with van der Waals surface area (Å²) in [4.78, 5) is 14.5. The summed E-state index contributed by atoms with van der Waals surface area (Å²) in [7, 11) is 3.02. The van der Waals surface area contributed by atoms with E-state index in [4.69, 9.17) is 32.7 Å². The van der Waals surface area contributed by atoms with Gasteiger partial charge in [-0.2, -0.15) is 0 Å². The van der Waals surface area contributed by atoms with Gasteiger partial charge in [-0.15, -0.1) is 11.6 Å². The second-order valence-corrected chi connectivity index (χ2v) is 17.5. The second-order valence-electron chi connectivity index (χ2n) is 13.4. The number of methoxy groups -OCH3 is 1. The second kappa shape index (κ2) is 21.2. The maximum Gasteiger partial charge on any atom is 0.247 e. The van der Waals surface area contributed by atoms with E-state index >= 15 is 0 Å². The smallest absolute Gasteiger partial charge is 0.247 e. The lowest BCUT2D eigenvalue weighted by atomic mass is 9.93. The van der Waals surface area contributed by atoms with Crippen molar-refractivity contribution < 1.29 is 18.8 Å². The highest BCUT2D eigenvalue weighted by molar-refractivity contribution is 7.70. The predicted octanol–water partition coefficient (Wildman–Crippen LogP) is 6.97. The molecule has 10 nitrogen and oxygen atoms in total. The molecule has 0 saturated heterocycles. The molecule has 1 fully saturated rings. The molecule has 1 saturated carbocycles. The summed E-state index contributed by atoms with van der Waals surface area (Å²) >= 11 is 13.9.